The molecular formula is C32H26F2N4O6S. The molecule has 230 valence electrons. The van der Waals surface area contributed by atoms with Crippen molar-refractivity contribution in [2.24, 2.45) is 5.41 Å². The first kappa shape index (κ1) is 27.7. The number of aromatic nitrogens is 2. The van der Waals surface area contributed by atoms with E-state index in [0.29, 0.717) is 29.1 Å². The number of hydrogen-bond donors (Lipinski definition) is 0. The molecule has 45 heavy (non-hydrogen) atoms. The summed E-state index contributed by atoms with van der Waals surface area (Å²) in [6, 6.07) is 10.9. The summed E-state index contributed by atoms with van der Waals surface area (Å²) in [4.78, 5) is 46.0. The highest BCUT2D eigenvalue weighted by molar-refractivity contribution is 7.13. The van der Waals surface area contributed by atoms with E-state index in [1.165, 1.54) is 23.6 Å². The molecule has 0 N–H and O–H groups in total. The van der Waals surface area contributed by atoms with Gasteiger partial charge in [-0.25, -0.2) is 18.6 Å². The van der Waals surface area contributed by atoms with E-state index in [4.69, 9.17) is 9.47 Å². The third-order valence-electron chi connectivity index (χ3n) is 9.41. The van der Waals surface area contributed by atoms with Crippen LogP contribution in [0.15, 0.2) is 59.0 Å². The Hall–Kier alpha value is -4.78. The van der Waals surface area contributed by atoms with Gasteiger partial charge < -0.3 is 19.1 Å². The molecule has 2 aromatic carbocycles. The summed E-state index contributed by atoms with van der Waals surface area (Å²) in [7, 11) is 1.14. The van der Waals surface area contributed by atoms with E-state index in [9.17, 15) is 18.8 Å². The van der Waals surface area contributed by atoms with E-state index in [1.807, 2.05) is 29.3 Å². The Labute approximate surface area is 259 Å². The number of hydrogen-bond acceptors (Lipinski definition) is 9. The minimum atomic E-state index is -1.01. The molecule has 0 unspecified atom stereocenters. The van der Waals surface area contributed by atoms with Crippen molar-refractivity contribution >= 4 is 23.4 Å². The highest BCUT2D eigenvalue weighted by atomic mass is 32.1. The lowest BCUT2D eigenvalue weighted by Gasteiger charge is -2.53. The summed E-state index contributed by atoms with van der Waals surface area (Å²) in [5.74, 6) is -2.71. The smallest absolute Gasteiger partial charge is 0.451 e. The largest absolute Gasteiger partial charge is 0.510 e. The van der Waals surface area contributed by atoms with Crippen molar-refractivity contribution in [3.05, 3.63) is 92.9 Å². The van der Waals surface area contributed by atoms with Gasteiger partial charge in [-0.15, -0.1) is 11.3 Å². The molecule has 2 fully saturated rings. The molecule has 1 saturated heterocycles. The highest BCUT2D eigenvalue weighted by Crippen LogP contribution is 2.58. The number of carbonyl (C=O) groups is 2. The zero-order valence-electron chi connectivity index (χ0n) is 24.0. The molecule has 2 aromatic heterocycles. The number of methoxy groups -OCH3 is 1. The Balaban J connectivity index is 1.39. The van der Waals surface area contributed by atoms with Gasteiger partial charge in [0.15, 0.2) is 17.3 Å². The van der Waals surface area contributed by atoms with Crippen LogP contribution in [0.1, 0.15) is 53.3 Å². The molecule has 10 nitrogen and oxygen atoms in total. The number of halogens is 2. The number of carbonyl (C=O) groups excluding carboxylic acids is 2. The summed E-state index contributed by atoms with van der Waals surface area (Å²) in [5.41, 5.74) is 3.53. The number of piperidine rings is 1. The maximum absolute atomic E-state index is 15.9. The first-order valence-corrected chi connectivity index (χ1v) is 15.4. The zero-order valence-corrected chi connectivity index (χ0v) is 24.8. The van der Waals surface area contributed by atoms with Gasteiger partial charge in [-0.1, -0.05) is 30.3 Å². The molecule has 1 spiro atoms. The molecule has 0 radical (unpaired) electrons. The van der Waals surface area contributed by atoms with Crippen LogP contribution in [-0.2, 0) is 9.47 Å². The van der Waals surface area contributed by atoms with Crippen LogP contribution in [0.3, 0.4) is 0 Å². The van der Waals surface area contributed by atoms with Crippen LogP contribution >= 0.6 is 11.3 Å². The van der Waals surface area contributed by atoms with E-state index < -0.39 is 48.1 Å². The van der Waals surface area contributed by atoms with Crippen LogP contribution in [0.5, 0.6) is 5.75 Å². The molecule has 2 atom stereocenters. The fourth-order valence-corrected chi connectivity index (χ4v) is 7.91. The van der Waals surface area contributed by atoms with Gasteiger partial charge in [-0.3, -0.25) is 19.3 Å². The average molecular weight is 633 g/mol. The number of benzene rings is 2. The Bertz CT molecular complexity index is 1960. The lowest BCUT2D eigenvalue weighted by atomic mass is 9.87. The lowest BCUT2D eigenvalue weighted by molar-refractivity contribution is 0.0118. The number of fused-ring (bicyclic) bond motifs is 7. The van der Waals surface area contributed by atoms with Gasteiger partial charge in [0.25, 0.3) is 5.91 Å². The van der Waals surface area contributed by atoms with Gasteiger partial charge in [0.05, 0.1) is 29.2 Å². The van der Waals surface area contributed by atoms with E-state index >= 15 is 4.39 Å². The first-order valence-electron chi connectivity index (χ1n) is 14.5. The third-order valence-corrected chi connectivity index (χ3v) is 10.3. The SMILES string of the molecule is COC(=O)OCOc1c2n(ccc1=O)N([C@@H]1c3ccccc3-c3scnc3-c3c1ccc(F)c3F)[C@@H]1CC3(CCN1C2=O)CC3. The van der Waals surface area contributed by atoms with Crippen LogP contribution < -0.4 is 15.2 Å². The van der Waals surface area contributed by atoms with Crippen LogP contribution in [0.2, 0.25) is 0 Å². The van der Waals surface area contributed by atoms with Crippen molar-refractivity contribution in [2.45, 2.75) is 37.9 Å². The average Bonchev–Trinajstić information content (AvgIpc) is 3.64. The van der Waals surface area contributed by atoms with Gasteiger partial charge >= 0.3 is 6.16 Å². The van der Waals surface area contributed by atoms with Crippen molar-refractivity contribution < 1.29 is 32.6 Å². The quantitative estimate of drug-likeness (QED) is 0.217. The van der Waals surface area contributed by atoms with Gasteiger partial charge in [0.1, 0.15) is 6.17 Å². The van der Waals surface area contributed by atoms with Gasteiger partial charge in [-0.2, -0.15) is 0 Å². The zero-order chi connectivity index (χ0) is 31.0. The normalized spacial score (nSPS) is 20.3. The lowest BCUT2D eigenvalue weighted by Crippen LogP contribution is -2.65. The van der Waals surface area contributed by atoms with Crippen LogP contribution in [0.25, 0.3) is 21.7 Å². The molecule has 1 saturated carbocycles. The molecule has 1 amide bonds. The fourth-order valence-electron chi connectivity index (χ4n) is 7.06. The molecule has 2 aliphatic heterocycles. The Kier molecular flexibility index (Phi) is 6.24. The fraction of sp³-hybridized carbons (Fsp3) is 0.312. The molecule has 4 aliphatic rings. The van der Waals surface area contributed by atoms with Crippen molar-refractivity contribution in [3.63, 3.8) is 0 Å². The van der Waals surface area contributed by atoms with Crippen LogP contribution in [0, 0.1) is 17.0 Å². The van der Waals surface area contributed by atoms with E-state index in [1.54, 1.807) is 21.2 Å². The summed E-state index contributed by atoms with van der Waals surface area (Å²) in [5, 5.41) is 1.98. The molecule has 8 rings (SSSR count). The van der Waals surface area contributed by atoms with Crippen LogP contribution in [0.4, 0.5) is 13.6 Å². The second-order valence-electron chi connectivity index (χ2n) is 11.7. The minimum Gasteiger partial charge on any atom is -0.451 e. The van der Waals surface area contributed by atoms with Crippen molar-refractivity contribution in [1.29, 1.82) is 0 Å². The maximum atomic E-state index is 15.9. The predicted octanol–water partition coefficient (Wildman–Crippen LogP) is 5.43. The third kappa shape index (κ3) is 4.16. The Morgan fingerprint density at radius 3 is 2.71 bits per heavy atom. The number of rotatable bonds is 4. The molecule has 2 aliphatic carbocycles. The number of ether oxygens (including phenoxy) is 3. The van der Waals surface area contributed by atoms with E-state index in [2.05, 4.69) is 9.72 Å². The van der Waals surface area contributed by atoms with Crippen LogP contribution in [-0.4, -0.2) is 53.2 Å². The molecule has 4 aromatic rings. The summed E-state index contributed by atoms with van der Waals surface area (Å²) in [6.07, 6.45) is 3.55. The first-order chi connectivity index (χ1) is 21.8. The monoisotopic (exact) mass is 632 g/mol. The summed E-state index contributed by atoms with van der Waals surface area (Å²) < 4.78 is 47.5. The van der Waals surface area contributed by atoms with Crippen molar-refractivity contribution in [3.8, 4) is 27.4 Å². The van der Waals surface area contributed by atoms with Crippen molar-refractivity contribution in [2.75, 3.05) is 25.5 Å². The molecular weight excluding hydrogens is 606 g/mol. The van der Waals surface area contributed by atoms with E-state index in [0.717, 1.165) is 43.6 Å². The number of nitrogens with zero attached hydrogens (tertiary/aromatic N) is 4. The number of amides is 1. The summed E-state index contributed by atoms with van der Waals surface area (Å²) in [6.45, 7) is -0.223. The van der Waals surface area contributed by atoms with Crippen molar-refractivity contribution in [1.82, 2.24) is 14.6 Å². The maximum Gasteiger partial charge on any atom is 0.510 e. The molecule has 0 bridgehead atoms. The second kappa shape index (κ2) is 10.1. The number of pyridine rings is 1. The Morgan fingerprint density at radius 2 is 1.91 bits per heavy atom. The molecule has 13 heteroatoms. The van der Waals surface area contributed by atoms with Gasteiger partial charge in [-0.05, 0) is 53.9 Å². The predicted molar refractivity (Wildman–Crippen MR) is 158 cm³/mol. The van der Waals surface area contributed by atoms with Gasteiger partial charge in [0.2, 0.25) is 18.0 Å². The number of thiazole rings is 1. The highest BCUT2D eigenvalue weighted by Gasteiger charge is 2.55. The topological polar surface area (TPSA) is 103 Å². The standard InChI is InChI=1S/C32H26F2N4O6S/c1-42-31(41)44-16-43-28-21(39)8-12-37-27(28)30(40)36-13-11-32(9-10-32)14-22(36)38(37)26-17-4-2-3-5-18(17)29-25(35-15-45-29)23-19(26)6-7-20(33)24(23)34/h2-8,12,15,22,26H,9-11,13-14,16H2,1H3/t22-,26-/m1/s1. The van der Waals surface area contributed by atoms with E-state index in [-0.39, 0.29) is 22.4 Å². The minimum absolute atomic E-state index is 0.0541. The Morgan fingerprint density at radius 1 is 1.09 bits per heavy atom. The molecule has 4 heterocycles. The second-order valence-corrected chi connectivity index (χ2v) is 12.6. The summed E-state index contributed by atoms with van der Waals surface area (Å²) >= 11 is 1.34. The van der Waals surface area contributed by atoms with Gasteiger partial charge in [0, 0.05) is 24.4 Å².